The molecule has 0 fully saturated rings. The summed E-state index contributed by atoms with van der Waals surface area (Å²) in [4.78, 5) is 14.5. The van der Waals surface area contributed by atoms with E-state index in [9.17, 15) is 10.1 Å². The normalized spacial score (nSPS) is 9.68. The van der Waals surface area contributed by atoms with Gasteiger partial charge in [-0.1, -0.05) is 12.1 Å². The number of pyridine rings is 1. The first-order chi connectivity index (χ1) is 9.10. The van der Waals surface area contributed by atoms with Crippen LogP contribution in [0.3, 0.4) is 0 Å². The van der Waals surface area contributed by atoms with Gasteiger partial charge >= 0.3 is 0 Å². The molecular formula is C13H10N4O2. The molecule has 0 bridgehead atoms. The van der Waals surface area contributed by atoms with Gasteiger partial charge in [-0.15, -0.1) is 0 Å². The number of nitrogens with one attached hydrogen (secondary N) is 1. The lowest BCUT2D eigenvalue weighted by Crippen LogP contribution is -1.97. The van der Waals surface area contributed by atoms with Crippen molar-refractivity contribution in [3.8, 4) is 6.07 Å². The Labute approximate surface area is 109 Å². The highest BCUT2D eigenvalue weighted by Gasteiger charge is 2.11. The Hall–Kier alpha value is -2.94. The van der Waals surface area contributed by atoms with Gasteiger partial charge in [-0.05, 0) is 25.1 Å². The van der Waals surface area contributed by atoms with E-state index in [0.717, 1.165) is 0 Å². The topological polar surface area (TPSA) is 91.8 Å². The van der Waals surface area contributed by atoms with E-state index in [2.05, 4.69) is 10.3 Å². The number of hydrogen-bond donors (Lipinski definition) is 1. The molecule has 0 aliphatic heterocycles. The second-order valence-electron chi connectivity index (χ2n) is 3.90. The van der Waals surface area contributed by atoms with Crippen molar-refractivity contribution in [3.63, 3.8) is 0 Å². The number of aryl methyl sites for hydroxylation is 1. The van der Waals surface area contributed by atoms with Crippen molar-refractivity contribution in [3.05, 3.63) is 57.8 Å². The molecule has 1 aromatic carbocycles. The largest absolute Gasteiger partial charge is 0.340 e. The third-order valence-corrected chi connectivity index (χ3v) is 2.54. The summed E-state index contributed by atoms with van der Waals surface area (Å²) in [5.41, 5.74) is 1.47. The number of benzene rings is 1. The van der Waals surface area contributed by atoms with Gasteiger partial charge in [0.25, 0.3) is 5.69 Å². The summed E-state index contributed by atoms with van der Waals surface area (Å²) < 4.78 is 0. The number of nitrogens with zero attached hydrogens (tertiary/aromatic N) is 3. The maximum atomic E-state index is 10.8. The van der Waals surface area contributed by atoms with Crippen molar-refractivity contribution in [1.82, 2.24) is 4.98 Å². The maximum absolute atomic E-state index is 10.8. The monoisotopic (exact) mass is 254 g/mol. The van der Waals surface area contributed by atoms with Gasteiger partial charge in [0.1, 0.15) is 17.6 Å². The zero-order chi connectivity index (χ0) is 13.8. The van der Waals surface area contributed by atoms with Crippen LogP contribution in [0.25, 0.3) is 0 Å². The predicted molar refractivity (Wildman–Crippen MR) is 70.1 cm³/mol. The molecule has 2 rings (SSSR count). The third kappa shape index (κ3) is 2.84. The Kier molecular flexibility index (Phi) is 3.39. The van der Waals surface area contributed by atoms with Crippen molar-refractivity contribution in [2.45, 2.75) is 6.92 Å². The summed E-state index contributed by atoms with van der Waals surface area (Å²) in [5, 5.41) is 22.5. The van der Waals surface area contributed by atoms with Crippen LogP contribution in [0.5, 0.6) is 0 Å². The average Bonchev–Trinajstić information content (AvgIpc) is 2.41. The number of anilines is 2. The van der Waals surface area contributed by atoms with Crippen molar-refractivity contribution in [2.75, 3.05) is 5.32 Å². The highest BCUT2D eigenvalue weighted by atomic mass is 16.6. The molecule has 1 aromatic heterocycles. The van der Waals surface area contributed by atoms with Crippen LogP contribution in [-0.4, -0.2) is 9.91 Å². The smallest absolute Gasteiger partial charge is 0.274 e. The van der Waals surface area contributed by atoms with E-state index in [-0.39, 0.29) is 11.4 Å². The van der Waals surface area contributed by atoms with E-state index >= 15 is 0 Å². The van der Waals surface area contributed by atoms with Crippen LogP contribution >= 0.6 is 0 Å². The second-order valence-corrected chi connectivity index (χ2v) is 3.90. The van der Waals surface area contributed by atoms with Crippen molar-refractivity contribution >= 4 is 17.2 Å². The summed E-state index contributed by atoms with van der Waals surface area (Å²) in [7, 11) is 0. The molecule has 0 saturated heterocycles. The van der Waals surface area contributed by atoms with Crippen LogP contribution in [0.1, 0.15) is 11.3 Å². The molecule has 0 unspecified atom stereocenters. The molecule has 1 heterocycles. The van der Waals surface area contributed by atoms with Gasteiger partial charge in [0.05, 0.1) is 4.92 Å². The van der Waals surface area contributed by atoms with Crippen LogP contribution in [0, 0.1) is 28.4 Å². The number of nitro benzene ring substituents is 1. The molecule has 0 aliphatic rings. The van der Waals surface area contributed by atoms with Gasteiger partial charge in [-0.2, -0.15) is 5.26 Å². The lowest BCUT2D eigenvalue weighted by atomic mass is 10.2. The Balaban J connectivity index is 2.31. The van der Waals surface area contributed by atoms with E-state index in [4.69, 9.17) is 5.26 Å². The molecule has 0 aliphatic carbocycles. The summed E-state index contributed by atoms with van der Waals surface area (Å²) in [5.74, 6) is 0.470. The van der Waals surface area contributed by atoms with Crippen molar-refractivity contribution < 1.29 is 4.92 Å². The molecule has 0 amide bonds. The molecule has 19 heavy (non-hydrogen) atoms. The van der Waals surface area contributed by atoms with Crippen LogP contribution in [0.2, 0.25) is 0 Å². The summed E-state index contributed by atoms with van der Waals surface area (Å²) in [6.45, 7) is 1.68. The van der Waals surface area contributed by atoms with Gasteiger partial charge < -0.3 is 5.32 Å². The highest BCUT2D eigenvalue weighted by molar-refractivity contribution is 5.61. The molecule has 6 heteroatoms. The summed E-state index contributed by atoms with van der Waals surface area (Å²) in [6.07, 6.45) is 0. The standard InChI is InChI=1S/C13H10N4O2/c1-9-5-6-10(7-12(9)17(18)19)15-13-4-2-3-11(8-14)16-13/h2-7H,1H3,(H,15,16). The molecule has 6 nitrogen and oxygen atoms in total. The highest BCUT2D eigenvalue weighted by Crippen LogP contribution is 2.24. The number of nitriles is 1. The summed E-state index contributed by atoms with van der Waals surface area (Å²) in [6, 6.07) is 11.7. The van der Waals surface area contributed by atoms with Crippen LogP contribution in [0.15, 0.2) is 36.4 Å². The van der Waals surface area contributed by atoms with Crippen molar-refractivity contribution in [2.24, 2.45) is 0 Å². The van der Waals surface area contributed by atoms with E-state index in [1.807, 2.05) is 6.07 Å². The molecule has 94 valence electrons. The maximum Gasteiger partial charge on any atom is 0.274 e. The number of hydrogen-bond acceptors (Lipinski definition) is 5. The number of rotatable bonds is 3. The first-order valence-electron chi connectivity index (χ1n) is 5.49. The van der Waals surface area contributed by atoms with Crippen LogP contribution in [-0.2, 0) is 0 Å². The van der Waals surface area contributed by atoms with Gasteiger partial charge in [-0.3, -0.25) is 10.1 Å². The molecule has 0 saturated carbocycles. The molecule has 0 spiro atoms. The fourth-order valence-electron chi connectivity index (χ4n) is 1.60. The average molecular weight is 254 g/mol. The van der Waals surface area contributed by atoms with Gasteiger partial charge in [0.15, 0.2) is 0 Å². The quantitative estimate of drug-likeness (QED) is 0.671. The van der Waals surface area contributed by atoms with E-state index in [1.165, 1.54) is 6.07 Å². The minimum atomic E-state index is -0.431. The van der Waals surface area contributed by atoms with Crippen molar-refractivity contribution in [1.29, 1.82) is 5.26 Å². The SMILES string of the molecule is Cc1ccc(Nc2cccc(C#N)n2)cc1[N+](=O)[O-]. The van der Waals surface area contributed by atoms with Gasteiger partial charge in [0.2, 0.25) is 0 Å². The molecular weight excluding hydrogens is 244 g/mol. The minimum Gasteiger partial charge on any atom is -0.340 e. The van der Waals surface area contributed by atoms with Gasteiger partial charge in [-0.25, -0.2) is 4.98 Å². The number of nitro groups is 1. The molecule has 0 radical (unpaired) electrons. The van der Waals surface area contributed by atoms with Crippen LogP contribution < -0.4 is 5.32 Å². The Morgan fingerprint density at radius 3 is 2.84 bits per heavy atom. The predicted octanol–water partition coefficient (Wildman–Crippen LogP) is 2.91. The van der Waals surface area contributed by atoms with E-state index in [1.54, 1.807) is 37.3 Å². The van der Waals surface area contributed by atoms with E-state index in [0.29, 0.717) is 17.1 Å². The molecule has 0 atom stereocenters. The molecule has 2 aromatic rings. The second kappa shape index (κ2) is 5.14. The molecule has 1 N–H and O–H groups in total. The third-order valence-electron chi connectivity index (χ3n) is 2.54. The fraction of sp³-hybridized carbons (Fsp3) is 0.0769. The number of aromatic nitrogens is 1. The zero-order valence-electron chi connectivity index (χ0n) is 10.1. The minimum absolute atomic E-state index is 0.0430. The Morgan fingerprint density at radius 1 is 1.37 bits per heavy atom. The Morgan fingerprint density at radius 2 is 2.16 bits per heavy atom. The van der Waals surface area contributed by atoms with Crippen LogP contribution in [0.4, 0.5) is 17.2 Å². The van der Waals surface area contributed by atoms with Gasteiger partial charge in [0, 0.05) is 17.3 Å². The first kappa shape index (κ1) is 12.5. The first-order valence-corrected chi connectivity index (χ1v) is 5.49. The lowest BCUT2D eigenvalue weighted by Gasteiger charge is -2.06. The lowest BCUT2D eigenvalue weighted by molar-refractivity contribution is -0.385. The zero-order valence-corrected chi connectivity index (χ0v) is 10.1. The summed E-state index contributed by atoms with van der Waals surface area (Å²) >= 11 is 0. The van der Waals surface area contributed by atoms with E-state index < -0.39 is 4.92 Å². The fourth-order valence-corrected chi connectivity index (χ4v) is 1.60. The Bertz CT molecular complexity index is 677.